The molecule has 0 unspecified atom stereocenters. The van der Waals surface area contributed by atoms with Gasteiger partial charge in [0.15, 0.2) is 0 Å². The van der Waals surface area contributed by atoms with E-state index >= 15 is 0 Å². The van der Waals surface area contributed by atoms with Crippen molar-refractivity contribution in [2.75, 3.05) is 32.6 Å². The SMILES string of the molecule is CN(C)Cc1ccccc1NC(=O)COCC(=O)O. The normalized spacial score (nSPS) is 10.5. The number of nitrogens with one attached hydrogen (secondary N) is 1. The molecule has 0 heterocycles. The van der Waals surface area contributed by atoms with Gasteiger partial charge in [0, 0.05) is 12.2 Å². The second-order valence-corrected chi connectivity index (χ2v) is 4.33. The van der Waals surface area contributed by atoms with Crippen LogP contribution in [0.1, 0.15) is 5.56 Å². The highest BCUT2D eigenvalue weighted by Crippen LogP contribution is 2.16. The lowest BCUT2D eigenvalue weighted by Gasteiger charge is -2.14. The van der Waals surface area contributed by atoms with Crippen LogP contribution in [0, 0.1) is 0 Å². The Bertz CT molecular complexity index is 446. The smallest absolute Gasteiger partial charge is 0.329 e. The number of ether oxygens (including phenoxy) is 1. The van der Waals surface area contributed by atoms with Gasteiger partial charge in [0.05, 0.1) is 0 Å². The number of hydrogen-bond acceptors (Lipinski definition) is 4. The van der Waals surface area contributed by atoms with Crippen molar-refractivity contribution in [3.05, 3.63) is 29.8 Å². The molecule has 104 valence electrons. The van der Waals surface area contributed by atoms with Crippen LogP contribution in [0.2, 0.25) is 0 Å². The van der Waals surface area contributed by atoms with Crippen molar-refractivity contribution in [3.8, 4) is 0 Å². The van der Waals surface area contributed by atoms with E-state index in [1.54, 1.807) is 6.07 Å². The Hall–Kier alpha value is -1.92. The summed E-state index contributed by atoms with van der Waals surface area (Å²) >= 11 is 0. The molecule has 2 N–H and O–H groups in total. The van der Waals surface area contributed by atoms with Gasteiger partial charge in [0.1, 0.15) is 13.2 Å². The van der Waals surface area contributed by atoms with Gasteiger partial charge in [0.2, 0.25) is 5.91 Å². The van der Waals surface area contributed by atoms with E-state index in [2.05, 4.69) is 5.32 Å². The summed E-state index contributed by atoms with van der Waals surface area (Å²) in [7, 11) is 3.88. The Balaban J connectivity index is 2.56. The summed E-state index contributed by atoms with van der Waals surface area (Å²) < 4.78 is 4.73. The third-order valence-corrected chi connectivity index (χ3v) is 2.24. The number of amides is 1. The fourth-order valence-corrected chi connectivity index (χ4v) is 1.54. The lowest BCUT2D eigenvalue weighted by molar-refractivity contribution is -0.143. The average molecular weight is 266 g/mol. The lowest BCUT2D eigenvalue weighted by atomic mass is 10.1. The highest BCUT2D eigenvalue weighted by atomic mass is 16.5. The van der Waals surface area contributed by atoms with Gasteiger partial charge >= 0.3 is 5.97 Å². The van der Waals surface area contributed by atoms with Crippen LogP contribution < -0.4 is 5.32 Å². The molecular weight excluding hydrogens is 248 g/mol. The first-order chi connectivity index (χ1) is 8.99. The minimum Gasteiger partial charge on any atom is -0.480 e. The van der Waals surface area contributed by atoms with Crippen LogP contribution in [0.25, 0.3) is 0 Å². The molecule has 1 rings (SSSR count). The van der Waals surface area contributed by atoms with E-state index in [1.165, 1.54) is 0 Å². The van der Waals surface area contributed by atoms with Crippen LogP contribution in [-0.2, 0) is 20.9 Å². The molecule has 0 aromatic heterocycles. The number of benzene rings is 1. The van der Waals surface area contributed by atoms with Crippen molar-refractivity contribution in [2.24, 2.45) is 0 Å². The van der Waals surface area contributed by atoms with E-state index in [9.17, 15) is 9.59 Å². The summed E-state index contributed by atoms with van der Waals surface area (Å²) in [4.78, 5) is 23.8. The molecule has 0 aliphatic carbocycles. The first-order valence-corrected chi connectivity index (χ1v) is 5.81. The third-order valence-electron chi connectivity index (χ3n) is 2.24. The van der Waals surface area contributed by atoms with Crippen molar-refractivity contribution in [3.63, 3.8) is 0 Å². The molecule has 1 aromatic carbocycles. The maximum Gasteiger partial charge on any atom is 0.329 e. The van der Waals surface area contributed by atoms with Crippen LogP contribution in [-0.4, -0.2) is 49.2 Å². The van der Waals surface area contributed by atoms with E-state index in [4.69, 9.17) is 9.84 Å². The molecular formula is C13H18N2O4. The molecule has 1 amide bonds. The summed E-state index contributed by atoms with van der Waals surface area (Å²) in [6, 6.07) is 7.45. The molecule has 0 bridgehead atoms. The van der Waals surface area contributed by atoms with Crippen LogP contribution in [0.3, 0.4) is 0 Å². The summed E-state index contributed by atoms with van der Waals surface area (Å²) in [6.07, 6.45) is 0. The molecule has 0 fully saturated rings. The molecule has 0 radical (unpaired) electrons. The van der Waals surface area contributed by atoms with Gasteiger partial charge in [0.25, 0.3) is 0 Å². The summed E-state index contributed by atoms with van der Waals surface area (Å²) in [5.41, 5.74) is 1.69. The number of hydrogen-bond donors (Lipinski definition) is 2. The fraction of sp³-hybridized carbons (Fsp3) is 0.385. The minimum atomic E-state index is -1.10. The van der Waals surface area contributed by atoms with Gasteiger partial charge in [-0.2, -0.15) is 0 Å². The maximum atomic E-state index is 11.6. The minimum absolute atomic E-state index is 0.275. The number of carboxylic acids is 1. The van der Waals surface area contributed by atoms with E-state index in [0.29, 0.717) is 12.2 Å². The van der Waals surface area contributed by atoms with Gasteiger partial charge in [-0.15, -0.1) is 0 Å². The van der Waals surface area contributed by atoms with Crippen molar-refractivity contribution in [1.82, 2.24) is 4.90 Å². The largest absolute Gasteiger partial charge is 0.480 e. The molecule has 0 aliphatic rings. The van der Waals surface area contributed by atoms with E-state index in [0.717, 1.165) is 5.56 Å². The molecule has 19 heavy (non-hydrogen) atoms. The van der Waals surface area contributed by atoms with E-state index in [-0.39, 0.29) is 12.5 Å². The number of aliphatic carboxylic acids is 1. The highest BCUT2D eigenvalue weighted by Gasteiger charge is 2.08. The number of rotatable bonds is 7. The molecule has 0 spiro atoms. The van der Waals surface area contributed by atoms with Crippen LogP contribution in [0.15, 0.2) is 24.3 Å². The molecule has 6 nitrogen and oxygen atoms in total. The molecule has 1 aromatic rings. The van der Waals surface area contributed by atoms with Crippen molar-refractivity contribution in [1.29, 1.82) is 0 Å². The Kier molecular flexibility index (Phi) is 5.98. The topological polar surface area (TPSA) is 78.9 Å². The van der Waals surface area contributed by atoms with Gasteiger partial charge in [-0.05, 0) is 25.7 Å². The first kappa shape index (κ1) is 15.1. The number of carboxylic acid groups (broad SMARTS) is 1. The summed E-state index contributed by atoms with van der Waals surface area (Å²) in [5, 5.41) is 11.1. The molecule has 0 saturated carbocycles. The standard InChI is InChI=1S/C13H18N2O4/c1-15(2)7-10-5-3-4-6-11(10)14-12(16)8-19-9-13(17)18/h3-6H,7-9H2,1-2H3,(H,14,16)(H,17,18). The summed E-state index contributed by atoms with van der Waals surface area (Å²) in [6.45, 7) is -0.0538. The van der Waals surface area contributed by atoms with Gasteiger partial charge in [-0.1, -0.05) is 18.2 Å². The van der Waals surface area contributed by atoms with Crippen LogP contribution >= 0.6 is 0 Å². The van der Waals surface area contributed by atoms with Gasteiger partial charge in [-0.25, -0.2) is 4.79 Å². The van der Waals surface area contributed by atoms with Crippen LogP contribution in [0.5, 0.6) is 0 Å². The van der Waals surface area contributed by atoms with Gasteiger partial charge in [-0.3, -0.25) is 4.79 Å². The number of carbonyl (C=O) groups is 2. The zero-order chi connectivity index (χ0) is 14.3. The number of carbonyl (C=O) groups excluding carboxylic acids is 1. The van der Waals surface area contributed by atoms with Crippen molar-refractivity contribution >= 4 is 17.6 Å². The lowest BCUT2D eigenvalue weighted by Crippen LogP contribution is -2.22. The second-order valence-electron chi connectivity index (χ2n) is 4.33. The number of nitrogens with zero attached hydrogens (tertiary/aromatic N) is 1. The Labute approximate surface area is 112 Å². The van der Waals surface area contributed by atoms with Crippen LogP contribution in [0.4, 0.5) is 5.69 Å². The van der Waals surface area contributed by atoms with Crippen molar-refractivity contribution in [2.45, 2.75) is 6.54 Å². The number of anilines is 1. The molecule has 6 heteroatoms. The predicted molar refractivity (Wildman–Crippen MR) is 70.9 cm³/mol. The first-order valence-electron chi connectivity index (χ1n) is 5.81. The van der Waals surface area contributed by atoms with E-state index < -0.39 is 12.6 Å². The monoisotopic (exact) mass is 266 g/mol. The molecule has 0 aliphatic heterocycles. The zero-order valence-electron chi connectivity index (χ0n) is 11.0. The quantitative estimate of drug-likeness (QED) is 0.762. The maximum absolute atomic E-state index is 11.6. The molecule has 0 atom stereocenters. The molecule has 0 saturated heterocycles. The Morgan fingerprint density at radius 3 is 2.58 bits per heavy atom. The Morgan fingerprint density at radius 2 is 1.95 bits per heavy atom. The highest BCUT2D eigenvalue weighted by molar-refractivity contribution is 5.92. The second kappa shape index (κ2) is 7.50. The van der Waals surface area contributed by atoms with Crippen molar-refractivity contribution < 1.29 is 19.4 Å². The Morgan fingerprint density at radius 1 is 1.26 bits per heavy atom. The number of para-hydroxylation sites is 1. The fourth-order valence-electron chi connectivity index (χ4n) is 1.54. The zero-order valence-corrected chi connectivity index (χ0v) is 11.0. The summed E-state index contributed by atoms with van der Waals surface area (Å²) in [5.74, 6) is -1.46. The van der Waals surface area contributed by atoms with E-state index in [1.807, 2.05) is 37.2 Å². The predicted octanol–water partition coefficient (Wildman–Crippen LogP) is 0.788. The van der Waals surface area contributed by atoms with Gasteiger partial charge < -0.3 is 20.1 Å². The third kappa shape index (κ3) is 5.98. The average Bonchev–Trinajstić information content (AvgIpc) is 2.30.